The van der Waals surface area contributed by atoms with Crippen molar-refractivity contribution in [2.45, 2.75) is 26.8 Å². The number of hydrogen-bond donors (Lipinski definition) is 0. The van der Waals surface area contributed by atoms with Crippen molar-refractivity contribution in [1.82, 2.24) is 4.67 Å². The second-order valence-electron chi connectivity index (χ2n) is 4.24. The van der Waals surface area contributed by atoms with Crippen LogP contribution >= 0.6 is 28.5 Å². The van der Waals surface area contributed by atoms with Gasteiger partial charge in [0.2, 0.25) is 0 Å². The van der Waals surface area contributed by atoms with Gasteiger partial charge in [-0.05, 0) is 27.9 Å². The molecule has 0 unspecified atom stereocenters. The molecule has 14 heavy (non-hydrogen) atoms. The van der Waals surface area contributed by atoms with E-state index in [0.29, 0.717) is 0 Å². The molecule has 1 heterocycles. The Morgan fingerprint density at radius 3 is 2.29 bits per heavy atom. The van der Waals surface area contributed by atoms with Crippen molar-refractivity contribution in [2.75, 3.05) is 6.61 Å². The van der Waals surface area contributed by atoms with Crippen LogP contribution < -0.4 is 0 Å². The van der Waals surface area contributed by atoms with Gasteiger partial charge in [-0.1, -0.05) is 20.8 Å². The van der Waals surface area contributed by atoms with E-state index in [1.54, 1.807) is 0 Å². The van der Waals surface area contributed by atoms with Gasteiger partial charge in [-0.2, -0.15) is 0 Å². The highest BCUT2D eigenvalue weighted by Gasteiger charge is 2.48. The van der Waals surface area contributed by atoms with E-state index in [1.165, 1.54) is 0 Å². The van der Waals surface area contributed by atoms with Crippen LogP contribution in [0.1, 0.15) is 20.8 Å². The number of halogens is 2. The monoisotopic (exact) mass is 259 g/mol. The second-order valence-corrected chi connectivity index (χ2v) is 8.81. The molecule has 0 N–H and O–H groups in total. The van der Waals surface area contributed by atoms with E-state index in [2.05, 4.69) is 0 Å². The number of cyclic esters (lactones) is 1. The Bertz CT molecular complexity index is 296. The Balaban J connectivity index is 3.00. The van der Waals surface area contributed by atoms with Crippen LogP contribution in [0.3, 0.4) is 0 Å². The summed E-state index contributed by atoms with van der Waals surface area (Å²) in [7, 11) is 0. The van der Waals surface area contributed by atoms with Gasteiger partial charge >= 0.3 is 12.1 Å². The van der Waals surface area contributed by atoms with E-state index in [9.17, 15) is 9.36 Å². The van der Waals surface area contributed by atoms with Gasteiger partial charge in [0.1, 0.15) is 6.61 Å². The highest BCUT2D eigenvalue weighted by molar-refractivity contribution is 8.07. The van der Waals surface area contributed by atoms with Crippen LogP contribution in [0.4, 0.5) is 4.79 Å². The Hall–Kier alpha value is 0.0800. The molecule has 4 nitrogen and oxygen atoms in total. The minimum Gasteiger partial charge on any atom is -0.447 e. The first-order chi connectivity index (χ1) is 6.14. The van der Waals surface area contributed by atoms with E-state index < -0.39 is 12.1 Å². The zero-order chi connectivity index (χ0) is 11.1. The van der Waals surface area contributed by atoms with Gasteiger partial charge in [0.25, 0.3) is 0 Å². The van der Waals surface area contributed by atoms with E-state index in [4.69, 9.17) is 27.2 Å². The van der Waals surface area contributed by atoms with E-state index in [1.807, 2.05) is 20.8 Å². The van der Waals surface area contributed by atoms with Crippen LogP contribution in [0.15, 0.2) is 0 Å². The molecule has 1 aliphatic heterocycles. The summed E-state index contributed by atoms with van der Waals surface area (Å²) in [6, 6.07) is -0.351. The van der Waals surface area contributed by atoms with Crippen molar-refractivity contribution in [1.29, 1.82) is 0 Å². The van der Waals surface area contributed by atoms with Gasteiger partial charge in [0.15, 0.2) is 0 Å². The van der Waals surface area contributed by atoms with Crippen molar-refractivity contribution < 1.29 is 14.1 Å². The number of carbonyl (C=O) groups excluding carboxylic acids is 1. The Kier molecular flexibility index (Phi) is 3.11. The Morgan fingerprint density at radius 2 is 2.00 bits per heavy atom. The summed E-state index contributed by atoms with van der Waals surface area (Å²) < 4.78 is 17.2. The van der Waals surface area contributed by atoms with Gasteiger partial charge in [0, 0.05) is 0 Å². The lowest BCUT2D eigenvalue weighted by Crippen LogP contribution is -2.38. The third-order valence-corrected chi connectivity index (χ3v) is 4.02. The lowest BCUT2D eigenvalue weighted by atomic mass is 9.88. The molecule has 1 fully saturated rings. The molecular formula is C7H12Cl2NO3P. The first-order valence-electron chi connectivity index (χ1n) is 4.10. The maximum absolute atomic E-state index is 11.4. The van der Waals surface area contributed by atoms with Gasteiger partial charge in [-0.3, -0.25) is 4.57 Å². The van der Waals surface area contributed by atoms with Crippen LogP contribution in [0.5, 0.6) is 0 Å². The Labute approximate surface area is 92.5 Å². The molecule has 1 atom stereocenters. The fourth-order valence-corrected chi connectivity index (χ4v) is 3.28. The van der Waals surface area contributed by atoms with Crippen molar-refractivity contribution in [3.63, 3.8) is 0 Å². The molecular weight excluding hydrogens is 248 g/mol. The van der Waals surface area contributed by atoms with Crippen molar-refractivity contribution in [2.24, 2.45) is 5.41 Å². The highest BCUT2D eigenvalue weighted by Crippen LogP contribution is 2.63. The number of carbonyl (C=O) groups is 1. The molecule has 0 saturated carbocycles. The summed E-state index contributed by atoms with van der Waals surface area (Å²) in [5, 5.41) is 0. The zero-order valence-electron chi connectivity index (χ0n) is 8.16. The predicted octanol–water partition coefficient (Wildman–Crippen LogP) is 3.44. The van der Waals surface area contributed by atoms with Gasteiger partial charge in [-0.25, -0.2) is 9.46 Å². The zero-order valence-corrected chi connectivity index (χ0v) is 10.6. The lowest BCUT2D eigenvalue weighted by Gasteiger charge is -2.31. The summed E-state index contributed by atoms with van der Waals surface area (Å²) in [5.41, 5.74) is -0.272. The van der Waals surface area contributed by atoms with Crippen molar-refractivity contribution in [3.05, 3.63) is 0 Å². The van der Waals surface area contributed by atoms with Gasteiger partial charge in [-0.15, -0.1) is 0 Å². The Morgan fingerprint density at radius 1 is 1.50 bits per heavy atom. The van der Waals surface area contributed by atoms with Gasteiger partial charge < -0.3 is 4.74 Å². The standard InChI is InChI=1S/C7H12Cl2NO3P/c1-7(2,3)5-4-13-6(11)10(5)14(8,9)12/h5H,4H2,1-3H3/t5-/m1/s1. The third-order valence-electron chi connectivity index (χ3n) is 2.10. The highest BCUT2D eigenvalue weighted by atomic mass is 35.9. The number of ether oxygens (including phenoxy) is 1. The molecule has 0 spiro atoms. The molecule has 1 amide bonds. The average molecular weight is 260 g/mol. The molecule has 0 radical (unpaired) electrons. The van der Waals surface area contributed by atoms with Crippen LogP contribution in [0.25, 0.3) is 0 Å². The van der Waals surface area contributed by atoms with E-state index in [-0.39, 0.29) is 18.1 Å². The quantitative estimate of drug-likeness (QED) is 0.678. The SMILES string of the molecule is CC(C)(C)[C@H]1COC(=O)N1P(=O)(Cl)Cl. The molecule has 1 aliphatic rings. The molecule has 0 aromatic carbocycles. The second kappa shape index (κ2) is 3.58. The van der Waals surface area contributed by atoms with E-state index >= 15 is 0 Å². The van der Waals surface area contributed by atoms with Gasteiger partial charge in [0.05, 0.1) is 6.04 Å². The molecule has 0 bridgehead atoms. The predicted molar refractivity (Wildman–Crippen MR) is 55.7 cm³/mol. The van der Waals surface area contributed by atoms with Crippen LogP contribution in [-0.4, -0.2) is 23.4 Å². The lowest BCUT2D eigenvalue weighted by molar-refractivity contribution is 0.169. The summed E-state index contributed by atoms with van der Waals surface area (Å²) in [6.07, 6.45) is -0.710. The summed E-state index contributed by atoms with van der Waals surface area (Å²) in [5.74, 6) is -3.62. The largest absolute Gasteiger partial charge is 0.447 e. The fourth-order valence-electron chi connectivity index (χ4n) is 1.29. The van der Waals surface area contributed by atoms with Crippen LogP contribution in [0, 0.1) is 5.41 Å². The van der Waals surface area contributed by atoms with Crippen LogP contribution in [0.2, 0.25) is 0 Å². The van der Waals surface area contributed by atoms with Crippen LogP contribution in [-0.2, 0) is 9.30 Å². The first kappa shape index (κ1) is 12.2. The maximum atomic E-state index is 11.4. The van der Waals surface area contributed by atoms with Crippen molar-refractivity contribution in [3.8, 4) is 0 Å². The fraction of sp³-hybridized carbons (Fsp3) is 0.857. The summed E-state index contributed by atoms with van der Waals surface area (Å²) in [4.78, 5) is 11.2. The number of nitrogens with zero attached hydrogens (tertiary/aromatic N) is 1. The molecule has 1 saturated heterocycles. The topological polar surface area (TPSA) is 46.6 Å². The minimum atomic E-state index is -3.62. The number of amides is 1. The average Bonchev–Trinajstić information content (AvgIpc) is 2.27. The molecule has 7 heteroatoms. The molecule has 0 aliphatic carbocycles. The number of hydrogen-bond acceptors (Lipinski definition) is 3. The smallest absolute Gasteiger partial charge is 0.417 e. The summed E-state index contributed by atoms with van der Waals surface area (Å²) >= 11 is 11.0. The minimum absolute atomic E-state index is 0.172. The maximum Gasteiger partial charge on any atom is 0.417 e. The molecule has 0 aromatic rings. The third kappa shape index (κ3) is 2.36. The molecule has 1 rings (SSSR count). The normalized spacial score (nSPS) is 23.9. The van der Waals surface area contributed by atoms with Crippen molar-refractivity contribution >= 4 is 34.6 Å². The number of rotatable bonds is 1. The molecule has 82 valence electrons. The summed E-state index contributed by atoms with van der Waals surface area (Å²) in [6.45, 7) is 5.87. The first-order valence-corrected chi connectivity index (χ1v) is 7.57. The molecule has 0 aromatic heterocycles. The van der Waals surface area contributed by atoms with E-state index in [0.717, 1.165) is 4.67 Å².